The van der Waals surface area contributed by atoms with Crippen molar-refractivity contribution < 1.29 is 4.79 Å². The molecule has 3 rings (SSSR count). The number of hydrogen-bond donors (Lipinski definition) is 1. The normalized spacial score (nSPS) is 11.1. The summed E-state index contributed by atoms with van der Waals surface area (Å²) in [6.45, 7) is 8.47. The standard InChI is InChI=1S/C19H21N3O2S2/c1-5-22(14-8-6-7-11(2)9-14)15(23)10-25-19-20-17(24)16-12(3)13(4)26-18(16)21-19/h6-9H,5,10H2,1-4H3,(H,20,21,24). The van der Waals surface area contributed by atoms with Crippen molar-refractivity contribution in [1.82, 2.24) is 9.97 Å². The van der Waals surface area contributed by atoms with E-state index in [1.54, 1.807) is 4.90 Å². The Morgan fingerprint density at radius 2 is 2.08 bits per heavy atom. The number of rotatable bonds is 5. The van der Waals surface area contributed by atoms with Crippen LogP contribution in [0.2, 0.25) is 0 Å². The lowest BCUT2D eigenvalue weighted by atomic mass is 10.2. The summed E-state index contributed by atoms with van der Waals surface area (Å²) >= 11 is 2.77. The molecule has 0 fully saturated rings. The van der Waals surface area contributed by atoms with Crippen molar-refractivity contribution in [3.63, 3.8) is 0 Å². The smallest absolute Gasteiger partial charge is 0.260 e. The maximum Gasteiger partial charge on any atom is 0.260 e. The second-order valence-corrected chi connectivity index (χ2v) is 8.27. The number of nitrogens with one attached hydrogen (secondary N) is 1. The second kappa shape index (κ2) is 7.63. The molecule has 0 radical (unpaired) electrons. The first-order valence-corrected chi connectivity index (χ1v) is 10.2. The Morgan fingerprint density at radius 3 is 2.77 bits per heavy atom. The maximum atomic E-state index is 12.7. The molecule has 0 unspecified atom stereocenters. The third-order valence-corrected chi connectivity index (χ3v) is 6.24. The molecule has 0 atom stereocenters. The molecule has 1 N–H and O–H groups in total. The van der Waals surface area contributed by atoms with E-state index < -0.39 is 0 Å². The van der Waals surface area contributed by atoms with Gasteiger partial charge < -0.3 is 9.88 Å². The molecule has 136 valence electrons. The first kappa shape index (κ1) is 18.7. The van der Waals surface area contributed by atoms with Gasteiger partial charge in [-0.05, 0) is 51.0 Å². The number of carbonyl (C=O) groups is 1. The van der Waals surface area contributed by atoms with E-state index in [4.69, 9.17) is 0 Å². The van der Waals surface area contributed by atoms with Gasteiger partial charge in [0, 0.05) is 17.1 Å². The Bertz CT molecular complexity index is 1020. The minimum Gasteiger partial charge on any atom is -0.312 e. The van der Waals surface area contributed by atoms with Gasteiger partial charge in [0.15, 0.2) is 5.16 Å². The largest absolute Gasteiger partial charge is 0.312 e. The lowest BCUT2D eigenvalue weighted by Crippen LogP contribution is -2.32. The zero-order valence-electron chi connectivity index (χ0n) is 15.3. The molecule has 2 aromatic heterocycles. The minimum absolute atomic E-state index is 0.00983. The van der Waals surface area contributed by atoms with Crippen molar-refractivity contribution in [2.75, 3.05) is 17.2 Å². The number of benzene rings is 1. The van der Waals surface area contributed by atoms with Gasteiger partial charge in [-0.15, -0.1) is 11.3 Å². The Morgan fingerprint density at radius 1 is 1.31 bits per heavy atom. The zero-order chi connectivity index (χ0) is 18.8. The number of aromatic nitrogens is 2. The number of thiophene rings is 1. The molecular formula is C19H21N3O2S2. The highest BCUT2D eigenvalue weighted by atomic mass is 32.2. The Labute approximate surface area is 160 Å². The van der Waals surface area contributed by atoms with Gasteiger partial charge in [0.25, 0.3) is 5.56 Å². The summed E-state index contributed by atoms with van der Waals surface area (Å²) in [5.74, 6) is 0.212. The molecule has 0 bridgehead atoms. The molecule has 5 nitrogen and oxygen atoms in total. The summed E-state index contributed by atoms with van der Waals surface area (Å²) < 4.78 is 0. The highest BCUT2D eigenvalue weighted by Gasteiger charge is 2.16. The molecule has 0 saturated carbocycles. The van der Waals surface area contributed by atoms with Crippen LogP contribution in [-0.4, -0.2) is 28.2 Å². The van der Waals surface area contributed by atoms with Crippen LogP contribution < -0.4 is 10.5 Å². The van der Waals surface area contributed by atoms with Crippen LogP contribution in [0.25, 0.3) is 10.2 Å². The van der Waals surface area contributed by atoms with Gasteiger partial charge in [0.1, 0.15) is 4.83 Å². The summed E-state index contributed by atoms with van der Waals surface area (Å²) in [6, 6.07) is 7.88. The zero-order valence-corrected chi connectivity index (χ0v) is 16.9. The molecule has 26 heavy (non-hydrogen) atoms. The minimum atomic E-state index is -0.141. The lowest BCUT2D eigenvalue weighted by molar-refractivity contribution is -0.116. The van der Waals surface area contributed by atoms with E-state index in [0.29, 0.717) is 17.1 Å². The molecule has 0 aliphatic carbocycles. The average Bonchev–Trinajstić information content (AvgIpc) is 2.88. The van der Waals surface area contributed by atoms with E-state index in [0.717, 1.165) is 26.5 Å². The topological polar surface area (TPSA) is 66.1 Å². The average molecular weight is 388 g/mol. The lowest BCUT2D eigenvalue weighted by Gasteiger charge is -2.21. The summed E-state index contributed by atoms with van der Waals surface area (Å²) in [5, 5.41) is 1.13. The van der Waals surface area contributed by atoms with Crippen LogP contribution in [0.1, 0.15) is 22.9 Å². The van der Waals surface area contributed by atoms with Crippen LogP contribution in [0, 0.1) is 20.8 Å². The third kappa shape index (κ3) is 3.68. The fraction of sp³-hybridized carbons (Fsp3) is 0.316. The van der Waals surface area contributed by atoms with Crippen LogP contribution in [0.5, 0.6) is 0 Å². The number of hydrogen-bond acceptors (Lipinski definition) is 5. The van der Waals surface area contributed by atoms with E-state index in [1.807, 2.05) is 52.0 Å². The van der Waals surface area contributed by atoms with Gasteiger partial charge in [0.2, 0.25) is 5.91 Å². The molecular weight excluding hydrogens is 366 g/mol. The van der Waals surface area contributed by atoms with Gasteiger partial charge in [-0.1, -0.05) is 23.9 Å². The second-order valence-electron chi connectivity index (χ2n) is 6.10. The number of aromatic amines is 1. The van der Waals surface area contributed by atoms with E-state index in [-0.39, 0.29) is 17.2 Å². The number of aryl methyl sites for hydroxylation is 3. The van der Waals surface area contributed by atoms with E-state index in [1.165, 1.54) is 23.1 Å². The van der Waals surface area contributed by atoms with Crippen molar-refractivity contribution in [1.29, 1.82) is 0 Å². The van der Waals surface area contributed by atoms with Gasteiger partial charge in [-0.25, -0.2) is 4.98 Å². The van der Waals surface area contributed by atoms with Crippen molar-refractivity contribution >= 4 is 44.9 Å². The predicted octanol–water partition coefficient (Wildman–Crippen LogP) is 4.06. The highest BCUT2D eigenvalue weighted by Crippen LogP contribution is 2.27. The molecule has 0 aliphatic heterocycles. The van der Waals surface area contributed by atoms with Crippen molar-refractivity contribution in [2.45, 2.75) is 32.9 Å². The third-order valence-electron chi connectivity index (χ3n) is 4.28. The van der Waals surface area contributed by atoms with E-state index in [9.17, 15) is 9.59 Å². The van der Waals surface area contributed by atoms with Crippen molar-refractivity contribution in [3.8, 4) is 0 Å². The SMILES string of the molecule is CCN(C(=O)CSc1nc2sc(C)c(C)c2c(=O)[nH]1)c1cccc(C)c1. The van der Waals surface area contributed by atoms with E-state index >= 15 is 0 Å². The van der Waals surface area contributed by atoms with Crippen molar-refractivity contribution in [3.05, 3.63) is 50.6 Å². The molecule has 1 amide bonds. The van der Waals surface area contributed by atoms with Crippen molar-refractivity contribution in [2.24, 2.45) is 0 Å². The fourth-order valence-corrected chi connectivity index (χ4v) is 4.63. The van der Waals surface area contributed by atoms with Gasteiger partial charge >= 0.3 is 0 Å². The van der Waals surface area contributed by atoms with Gasteiger partial charge in [-0.3, -0.25) is 9.59 Å². The van der Waals surface area contributed by atoms with E-state index in [2.05, 4.69) is 9.97 Å². The summed E-state index contributed by atoms with van der Waals surface area (Å²) in [7, 11) is 0. The van der Waals surface area contributed by atoms with Gasteiger partial charge in [0.05, 0.1) is 11.1 Å². The van der Waals surface area contributed by atoms with Crippen LogP contribution >= 0.6 is 23.1 Å². The predicted molar refractivity (Wildman–Crippen MR) is 110 cm³/mol. The maximum absolute atomic E-state index is 12.7. The Kier molecular flexibility index (Phi) is 5.48. The van der Waals surface area contributed by atoms with Crippen LogP contribution in [0.15, 0.2) is 34.2 Å². The first-order valence-electron chi connectivity index (χ1n) is 8.40. The summed E-state index contributed by atoms with van der Waals surface area (Å²) in [4.78, 5) is 35.9. The quantitative estimate of drug-likeness (QED) is 0.530. The molecule has 3 aromatic rings. The molecule has 2 heterocycles. The fourth-order valence-electron chi connectivity index (χ4n) is 2.81. The first-order chi connectivity index (χ1) is 12.4. The molecule has 0 spiro atoms. The number of carbonyl (C=O) groups excluding carboxylic acids is 1. The monoisotopic (exact) mass is 387 g/mol. The number of fused-ring (bicyclic) bond motifs is 1. The summed E-state index contributed by atoms with van der Waals surface area (Å²) in [5.41, 5.74) is 2.83. The molecule has 1 aromatic carbocycles. The van der Waals surface area contributed by atoms with Crippen LogP contribution in [-0.2, 0) is 4.79 Å². The molecule has 0 aliphatic rings. The number of anilines is 1. The number of H-pyrrole nitrogens is 1. The molecule has 0 saturated heterocycles. The number of amides is 1. The van der Waals surface area contributed by atoms with Gasteiger partial charge in [-0.2, -0.15) is 0 Å². The summed E-state index contributed by atoms with van der Waals surface area (Å²) in [6.07, 6.45) is 0. The number of thioether (sulfide) groups is 1. The van der Waals surface area contributed by atoms with Crippen LogP contribution in [0.4, 0.5) is 5.69 Å². The molecule has 7 heteroatoms. The number of nitrogens with zero attached hydrogens (tertiary/aromatic N) is 2. The Balaban J connectivity index is 1.78. The Hall–Kier alpha value is -2.12. The van der Waals surface area contributed by atoms with Crippen LogP contribution in [0.3, 0.4) is 0 Å². The highest BCUT2D eigenvalue weighted by molar-refractivity contribution is 7.99.